The van der Waals surface area contributed by atoms with E-state index in [1.807, 2.05) is 60.7 Å². The van der Waals surface area contributed by atoms with Gasteiger partial charge in [0.2, 0.25) is 15.8 Å². The van der Waals surface area contributed by atoms with E-state index in [4.69, 9.17) is 4.52 Å². The van der Waals surface area contributed by atoms with E-state index in [2.05, 4.69) is 10.1 Å². The van der Waals surface area contributed by atoms with Crippen molar-refractivity contribution >= 4 is 10.0 Å². The molecule has 0 amide bonds. The molecule has 146 valence electrons. The molecule has 0 N–H and O–H groups in total. The normalized spacial score (nSPS) is 11.7. The largest absolute Gasteiger partial charge is 0.334 e. The maximum atomic E-state index is 13.2. The van der Waals surface area contributed by atoms with E-state index in [0.717, 1.165) is 11.1 Å². The van der Waals surface area contributed by atoms with E-state index >= 15 is 0 Å². The summed E-state index contributed by atoms with van der Waals surface area (Å²) in [5.74, 6) is 0.571. The van der Waals surface area contributed by atoms with Crippen molar-refractivity contribution in [2.75, 3.05) is 7.05 Å². The van der Waals surface area contributed by atoms with Gasteiger partial charge in [0.15, 0.2) is 0 Å². The first-order valence-electron chi connectivity index (χ1n) is 9.04. The molecule has 4 aromatic rings. The predicted molar refractivity (Wildman–Crippen MR) is 110 cm³/mol. The number of sulfonamides is 1. The number of nitrogens with zero attached hydrogens (tertiary/aromatic N) is 3. The average molecular weight is 405 g/mol. The third-order valence-electron chi connectivity index (χ3n) is 4.51. The molecule has 7 heteroatoms. The van der Waals surface area contributed by atoms with Crippen LogP contribution >= 0.6 is 0 Å². The summed E-state index contributed by atoms with van der Waals surface area (Å²) in [6.07, 6.45) is 0. The summed E-state index contributed by atoms with van der Waals surface area (Å²) >= 11 is 0. The lowest BCUT2D eigenvalue weighted by atomic mass is 10.2. The third-order valence-corrected chi connectivity index (χ3v) is 6.37. The monoisotopic (exact) mass is 405 g/mol. The number of benzene rings is 3. The standard InChI is InChI=1S/C22H19N3O3S/c1-25(16-17-10-4-2-5-11-17)29(26,27)20-15-9-8-14-19(20)22-23-21(24-28-22)18-12-6-3-7-13-18/h2-15H,16H2,1H3. The summed E-state index contributed by atoms with van der Waals surface area (Å²) in [5, 5.41) is 4.00. The second kappa shape index (κ2) is 7.98. The van der Waals surface area contributed by atoms with Gasteiger partial charge in [0.05, 0.1) is 10.5 Å². The highest BCUT2D eigenvalue weighted by Crippen LogP contribution is 2.30. The smallest absolute Gasteiger partial charge is 0.259 e. The fraction of sp³-hybridized carbons (Fsp3) is 0.0909. The van der Waals surface area contributed by atoms with E-state index < -0.39 is 10.0 Å². The maximum Gasteiger partial charge on any atom is 0.259 e. The predicted octanol–water partition coefficient (Wildman–Crippen LogP) is 4.22. The quantitative estimate of drug-likeness (QED) is 0.480. The Morgan fingerprint density at radius 3 is 2.21 bits per heavy atom. The topological polar surface area (TPSA) is 76.3 Å². The Hall–Kier alpha value is -3.29. The Balaban J connectivity index is 1.69. The molecule has 0 spiro atoms. The second-order valence-corrected chi connectivity index (χ2v) is 8.55. The van der Waals surface area contributed by atoms with Crippen LogP contribution in [0.1, 0.15) is 5.56 Å². The van der Waals surface area contributed by atoms with Crippen LogP contribution in [0.2, 0.25) is 0 Å². The van der Waals surface area contributed by atoms with Crippen LogP contribution < -0.4 is 0 Å². The molecule has 0 saturated carbocycles. The Morgan fingerprint density at radius 2 is 1.48 bits per heavy atom. The lowest BCUT2D eigenvalue weighted by molar-refractivity contribution is 0.430. The van der Waals surface area contributed by atoms with Crippen molar-refractivity contribution in [1.29, 1.82) is 0 Å². The zero-order valence-corrected chi connectivity index (χ0v) is 16.6. The molecule has 0 unspecified atom stereocenters. The molecule has 1 heterocycles. The molecule has 4 rings (SSSR count). The van der Waals surface area contributed by atoms with Gasteiger partial charge in [-0.25, -0.2) is 8.42 Å². The molecule has 0 aliphatic heterocycles. The van der Waals surface area contributed by atoms with Crippen molar-refractivity contribution in [3.63, 3.8) is 0 Å². The molecule has 1 aromatic heterocycles. The summed E-state index contributed by atoms with van der Waals surface area (Å²) in [5.41, 5.74) is 2.08. The van der Waals surface area contributed by atoms with Crippen LogP contribution in [0.4, 0.5) is 0 Å². The molecule has 6 nitrogen and oxygen atoms in total. The summed E-state index contributed by atoms with van der Waals surface area (Å²) in [6, 6.07) is 25.5. The zero-order chi connectivity index (χ0) is 20.3. The van der Waals surface area contributed by atoms with Gasteiger partial charge in [-0.2, -0.15) is 9.29 Å². The van der Waals surface area contributed by atoms with Crippen molar-refractivity contribution in [3.05, 3.63) is 90.5 Å². The van der Waals surface area contributed by atoms with Crippen LogP contribution in [-0.4, -0.2) is 29.9 Å². The van der Waals surface area contributed by atoms with Crippen molar-refractivity contribution < 1.29 is 12.9 Å². The van der Waals surface area contributed by atoms with Crippen molar-refractivity contribution in [2.24, 2.45) is 0 Å². The Bertz CT molecular complexity index is 1210. The van der Waals surface area contributed by atoms with Crippen LogP contribution in [0.25, 0.3) is 22.8 Å². The lowest BCUT2D eigenvalue weighted by Crippen LogP contribution is -2.27. The molecule has 0 radical (unpaired) electrons. The van der Waals surface area contributed by atoms with Crippen molar-refractivity contribution in [1.82, 2.24) is 14.4 Å². The first-order chi connectivity index (χ1) is 14.1. The molecule has 0 atom stereocenters. The Morgan fingerprint density at radius 1 is 0.862 bits per heavy atom. The molecule has 0 aliphatic carbocycles. The number of rotatable bonds is 6. The molecular weight excluding hydrogens is 386 g/mol. The maximum absolute atomic E-state index is 13.2. The van der Waals surface area contributed by atoms with E-state index in [0.29, 0.717) is 11.4 Å². The highest BCUT2D eigenvalue weighted by Gasteiger charge is 2.26. The van der Waals surface area contributed by atoms with Gasteiger partial charge in [-0.1, -0.05) is 78.0 Å². The van der Waals surface area contributed by atoms with Crippen molar-refractivity contribution in [2.45, 2.75) is 11.4 Å². The summed E-state index contributed by atoms with van der Waals surface area (Å²) in [4.78, 5) is 4.53. The van der Waals surface area contributed by atoms with Gasteiger partial charge < -0.3 is 4.52 Å². The number of hydrogen-bond acceptors (Lipinski definition) is 5. The number of hydrogen-bond donors (Lipinski definition) is 0. The minimum atomic E-state index is -3.77. The first-order valence-corrected chi connectivity index (χ1v) is 10.5. The molecule has 29 heavy (non-hydrogen) atoms. The van der Waals surface area contributed by atoms with Gasteiger partial charge in [0.1, 0.15) is 0 Å². The van der Waals surface area contributed by atoms with Gasteiger partial charge >= 0.3 is 0 Å². The number of aromatic nitrogens is 2. The van der Waals surface area contributed by atoms with Crippen LogP contribution in [0, 0.1) is 0 Å². The van der Waals surface area contributed by atoms with Crippen molar-refractivity contribution in [3.8, 4) is 22.8 Å². The Kier molecular flexibility index (Phi) is 5.24. The third kappa shape index (κ3) is 3.96. The van der Waals surface area contributed by atoms with Crippen LogP contribution in [0.5, 0.6) is 0 Å². The molecule has 0 fully saturated rings. The fourth-order valence-electron chi connectivity index (χ4n) is 3.00. The van der Waals surface area contributed by atoms with Gasteiger partial charge in [-0.05, 0) is 17.7 Å². The molecule has 0 bridgehead atoms. The van der Waals surface area contributed by atoms with E-state index in [-0.39, 0.29) is 17.3 Å². The average Bonchev–Trinajstić information content (AvgIpc) is 3.25. The molecular formula is C22H19N3O3S. The molecule has 0 saturated heterocycles. The van der Waals surface area contributed by atoms with Gasteiger partial charge in [0, 0.05) is 19.2 Å². The minimum Gasteiger partial charge on any atom is -0.334 e. The molecule has 3 aromatic carbocycles. The Labute approximate surface area is 169 Å². The van der Waals surface area contributed by atoms with Gasteiger partial charge in [-0.3, -0.25) is 0 Å². The van der Waals surface area contributed by atoms with Crippen LogP contribution in [-0.2, 0) is 16.6 Å². The van der Waals surface area contributed by atoms with Crippen LogP contribution in [0.15, 0.2) is 94.3 Å². The second-order valence-electron chi connectivity index (χ2n) is 6.53. The summed E-state index contributed by atoms with van der Waals surface area (Å²) < 4.78 is 33.2. The first kappa shape index (κ1) is 19.0. The van der Waals surface area contributed by atoms with E-state index in [9.17, 15) is 8.42 Å². The van der Waals surface area contributed by atoms with E-state index in [1.54, 1.807) is 31.3 Å². The van der Waals surface area contributed by atoms with Crippen LogP contribution in [0.3, 0.4) is 0 Å². The summed E-state index contributed by atoms with van der Waals surface area (Å²) in [7, 11) is -2.21. The van der Waals surface area contributed by atoms with E-state index in [1.165, 1.54) is 4.31 Å². The van der Waals surface area contributed by atoms with Gasteiger partial charge in [-0.15, -0.1) is 0 Å². The SMILES string of the molecule is CN(Cc1ccccc1)S(=O)(=O)c1ccccc1-c1nc(-c2ccccc2)no1. The highest BCUT2D eigenvalue weighted by atomic mass is 32.2. The zero-order valence-electron chi connectivity index (χ0n) is 15.8. The fourth-order valence-corrected chi connectivity index (χ4v) is 4.34. The summed E-state index contributed by atoms with van der Waals surface area (Å²) in [6.45, 7) is 0.261. The lowest BCUT2D eigenvalue weighted by Gasteiger charge is -2.18. The minimum absolute atomic E-state index is 0.127. The molecule has 0 aliphatic rings. The van der Waals surface area contributed by atoms with Gasteiger partial charge in [0.25, 0.3) is 5.89 Å². The highest BCUT2D eigenvalue weighted by molar-refractivity contribution is 7.89.